The summed E-state index contributed by atoms with van der Waals surface area (Å²) in [5, 5.41) is 8.70. The van der Waals surface area contributed by atoms with Gasteiger partial charge in [-0.2, -0.15) is 13.2 Å². The number of para-hydroxylation sites is 1. The molecule has 0 aromatic heterocycles. The molecule has 1 N–H and O–H groups in total. The summed E-state index contributed by atoms with van der Waals surface area (Å²) >= 11 is 0. The van der Waals surface area contributed by atoms with Gasteiger partial charge in [0.15, 0.2) is 0 Å². The van der Waals surface area contributed by atoms with Crippen LogP contribution in [0.5, 0.6) is 0 Å². The van der Waals surface area contributed by atoms with Gasteiger partial charge < -0.3 is 10.0 Å². The molecular formula is C14H16F3NO2. The molecule has 0 atom stereocenters. The number of hydrogen-bond acceptors (Lipinski definition) is 2. The van der Waals surface area contributed by atoms with Gasteiger partial charge in [0.2, 0.25) is 0 Å². The van der Waals surface area contributed by atoms with Crippen LogP contribution in [0.2, 0.25) is 0 Å². The van der Waals surface area contributed by atoms with E-state index >= 15 is 0 Å². The standard InChI is InChI=1S/C14H16F3NO2/c1-10(2)9-18(8-7-13(19)20)12-6-4-3-5-11(12)14(15,16)17/h3-6H,1,7-9H2,2H3,(H,19,20). The van der Waals surface area contributed by atoms with Gasteiger partial charge in [0, 0.05) is 18.8 Å². The molecule has 1 aromatic rings. The molecule has 0 fully saturated rings. The van der Waals surface area contributed by atoms with Crippen LogP contribution < -0.4 is 4.90 Å². The van der Waals surface area contributed by atoms with Crippen molar-refractivity contribution in [2.75, 3.05) is 18.0 Å². The SMILES string of the molecule is C=C(C)CN(CCC(=O)O)c1ccccc1C(F)(F)F. The summed E-state index contributed by atoms with van der Waals surface area (Å²) in [4.78, 5) is 12.0. The molecule has 6 heteroatoms. The highest BCUT2D eigenvalue weighted by Crippen LogP contribution is 2.36. The van der Waals surface area contributed by atoms with Crippen LogP contribution in [-0.4, -0.2) is 24.2 Å². The number of anilines is 1. The molecule has 0 spiro atoms. The minimum absolute atomic E-state index is 0.00468. The normalized spacial score (nSPS) is 11.2. The van der Waals surface area contributed by atoms with Gasteiger partial charge in [-0.05, 0) is 19.1 Å². The van der Waals surface area contributed by atoms with Crippen LogP contribution in [0.3, 0.4) is 0 Å². The first kappa shape index (κ1) is 16.1. The van der Waals surface area contributed by atoms with Crippen LogP contribution in [0.4, 0.5) is 18.9 Å². The van der Waals surface area contributed by atoms with Gasteiger partial charge in [0.1, 0.15) is 0 Å². The molecule has 3 nitrogen and oxygen atoms in total. The van der Waals surface area contributed by atoms with Crippen LogP contribution in [0.15, 0.2) is 36.4 Å². The molecule has 0 bridgehead atoms. The summed E-state index contributed by atoms with van der Waals surface area (Å²) in [6, 6.07) is 5.13. The second kappa shape index (κ2) is 6.45. The Balaban J connectivity index is 3.12. The summed E-state index contributed by atoms with van der Waals surface area (Å²) in [7, 11) is 0. The first-order valence-electron chi connectivity index (χ1n) is 5.99. The van der Waals surface area contributed by atoms with E-state index in [1.165, 1.54) is 23.1 Å². The number of alkyl halides is 3. The minimum atomic E-state index is -4.48. The highest BCUT2D eigenvalue weighted by atomic mass is 19.4. The van der Waals surface area contributed by atoms with E-state index in [2.05, 4.69) is 6.58 Å². The maximum absolute atomic E-state index is 13.0. The van der Waals surface area contributed by atoms with E-state index < -0.39 is 17.7 Å². The highest BCUT2D eigenvalue weighted by molar-refractivity contribution is 5.68. The van der Waals surface area contributed by atoms with Gasteiger partial charge in [0.25, 0.3) is 0 Å². The number of nitrogens with zero attached hydrogens (tertiary/aromatic N) is 1. The van der Waals surface area contributed by atoms with E-state index in [-0.39, 0.29) is 25.2 Å². The monoisotopic (exact) mass is 287 g/mol. The summed E-state index contributed by atoms with van der Waals surface area (Å²) < 4.78 is 38.9. The third-order valence-electron chi connectivity index (χ3n) is 2.61. The van der Waals surface area contributed by atoms with Gasteiger partial charge in [-0.25, -0.2) is 0 Å². The molecule has 0 aliphatic carbocycles. The minimum Gasteiger partial charge on any atom is -0.481 e. The molecule has 110 valence electrons. The first-order valence-corrected chi connectivity index (χ1v) is 5.99. The van der Waals surface area contributed by atoms with Crippen LogP contribution >= 0.6 is 0 Å². The first-order chi connectivity index (χ1) is 9.21. The van der Waals surface area contributed by atoms with E-state index in [1.807, 2.05) is 0 Å². The van der Waals surface area contributed by atoms with Crippen molar-refractivity contribution in [3.8, 4) is 0 Å². The van der Waals surface area contributed by atoms with E-state index in [0.717, 1.165) is 6.07 Å². The largest absolute Gasteiger partial charge is 0.481 e. The number of aliphatic carboxylic acids is 1. The van der Waals surface area contributed by atoms with Crippen molar-refractivity contribution in [1.82, 2.24) is 0 Å². The Kier molecular flexibility index (Phi) is 5.19. The lowest BCUT2D eigenvalue weighted by Gasteiger charge is -2.27. The Hall–Kier alpha value is -1.98. The number of carboxylic acid groups (broad SMARTS) is 1. The second-order valence-electron chi connectivity index (χ2n) is 4.54. The van der Waals surface area contributed by atoms with Gasteiger partial charge >= 0.3 is 12.1 Å². The maximum atomic E-state index is 13.0. The Labute approximate surface area is 115 Å². The molecule has 1 rings (SSSR count). The predicted molar refractivity (Wildman–Crippen MR) is 70.7 cm³/mol. The van der Waals surface area contributed by atoms with Crippen molar-refractivity contribution in [2.24, 2.45) is 0 Å². The summed E-state index contributed by atoms with van der Waals surface area (Å²) in [6.07, 6.45) is -4.72. The Morgan fingerprint density at radius 2 is 1.95 bits per heavy atom. The summed E-state index contributed by atoms with van der Waals surface area (Å²) in [6.45, 7) is 5.53. The van der Waals surface area contributed by atoms with Gasteiger partial charge in [-0.15, -0.1) is 0 Å². The number of halogens is 3. The third-order valence-corrected chi connectivity index (χ3v) is 2.61. The van der Waals surface area contributed by atoms with Crippen molar-refractivity contribution < 1.29 is 23.1 Å². The van der Waals surface area contributed by atoms with Crippen molar-refractivity contribution >= 4 is 11.7 Å². The molecule has 0 radical (unpaired) electrons. The number of benzene rings is 1. The molecular weight excluding hydrogens is 271 g/mol. The number of carbonyl (C=O) groups is 1. The van der Waals surface area contributed by atoms with Crippen molar-refractivity contribution in [2.45, 2.75) is 19.5 Å². The fourth-order valence-electron chi connectivity index (χ4n) is 1.83. The lowest BCUT2D eigenvalue weighted by atomic mass is 10.1. The average molecular weight is 287 g/mol. The van der Waals surface area contributed by atoms with Crippen LogP contribution in [0.1, 0.15) is 18.9 Å². The van der Waals surface area contributed by atoms with E-state index in [0.29, 0.717) is 5.57 Å². The number of rotatable bonds is 6. The smallest absolute Gasteiger partial charge is 0.418 e. The predicted octanol–water partition coefficient (Wildman–Crippen LogP) is 3.56. The molecule has 0 aliphatic heterocycles. The Bertz CT molecular complexity index is 497. The number of hydrogen-bond donors (Lipinski definition) is 1. The summed E-state index contributed by atoms with van der Waals surface area (Å²) in [5.41, 5.74) is -0.136. The summed E-state index contributed by atoms with van der Waals surface area (Å²) in [5.74, 6) is -1.05. The molecule has 0 saturated carbocycles. The zero-order valence-corrected chi connectivity index (χ0v) is 11.1. The Morgan fingerprint density at radius 1 is 1.35 bits per heavy atom. The molecule has 1 aromatic carbocycles. The molecule has 0 amide bonds. The quantitative estimate of drug-likeness (QED) is 0.813. The number of carboxylic acids is 1. The molecule has 0 aliphatic rings. The van der Waals surface area contributed by atoms with Crippen molar-refractivity contribution in [3.63, 3.8) is 0 Å². The van der Waals surface area contributed by atoms with Crippen LogP contribution in [0.25, 0.3) is 0 Å². The van der Waals surface area contributed by atoms with E-state index in [4.69, 9.17) is 5.11 Å². The van der Waals surface area contributed by atoms with Crippen molar-refractivity contribution in [3.05, 3.63) is 42.0 Å². The van der Waals surface area contributed by atoms with Crippen LogP contribution in [-0.2, 0) is 11.0 Å². The Morgan fingerprint density at radius 3 is 2.45 bits per heavy atom. The van der Waals surface area contributed by atoms with E-state index in [9.17, 15) is 18.0 Å². The fourth-order valence-corrected chi connectivity index (χ4v) is 1.83. The van der Waals surface area contributed by atoms with Crippen molar-refractivity contribution in [1.29, 1.82) is 0 Å². The molecule has 0 heterocycles. The molecule has 20 heavy (non-hydrogen) atoms. The topological polar surface area (TPSA) is 40.5 Å². The zero-order valence-electron chi connectivity index (χ0n) is 11.1. The molecule has 0 unspecified atom stereocenters. The highest BCUT2D eigenvalue weighted by Gasteiger charge is 2.34. The van der Waals surface area contributed by atoms with Crippen LogP contribution in [0, 0.1) is 0 Å². The van der Waals surface area contributed by atoms with Gasteiger partial charge in [-0.1, -0.05) is 24.3 Å². The maximum Gasteiger partial charge on any atom is 0.418 e. The third kappa shape index (κ3) is 4.60. The van der Waals surface area contributed by atoms with Gasteiger partial charge in [0.05, 0.1) is 12.0 Å². The van der Waals surface area contributed by atoms with E-state index in [1.54, 1.807) is 6.92 Å². The fraction of sp³-hybridized carbons (Fsp3) is 0.357. The second-order valence-corrected chi connectivity index (χ2v) is 4.54. The average Bonchev–Trinajstić information content (AvgIpc) is 2.33. The zero-order chi connectivity index (χ0) is 15.3. The lowest BCUT2D eigenvalue weighted by molar-refractivity contribution is -0.137. The van der Waals surface area contributed by atoms with Gasteiger partial charge in [-0.3, -0.25) is 4.79 Å². The lowest BCUT2D eigenvalue weighted by Crippen LogP contribution is -2.29. The molecule has 0 saturated heterocycles.